The van der Waals surface area contributed by atoms with Gasteiger partial charge in [0.05, 0.1) is 19.9 Å². The molecule has 26 heavy (non-hydrogen) atoms. The molecule has 1 fully saturated rings. The highest BCUT2D eigenvalue weighted by atomic mass is 19.1. The molecular weight excluding hydrogens is 335 g/mol. The van der Waals surface area contributed by atoms with Gasteiger partial charge >= 0.3 is 0 Å². The van der Waals surface area contributed by atoms with Crippen LogP contribution in [-0.2, 0) is 0 Å². The van der Waals surface area contributed by atoms with Crippen LogP contribution in [0.3, 0.4) is 0 Å². The van der Waals surface area contributed by atoms with Crippen LogP contribution < -0.4 is 19.7 Å². The lowest BCUT2D eigenvalue weighted by atomic mass is 10.1. The number of nitrogens with one attached hydrogen (secondary N) is 1. The number of hydrogen-bond donors (Lipinski definition) is 1. The topological polar surface area (TPSA) is 50.8 Å². The summed E-state index contributed by atoms with van der Waals surface area (Å²) >= 11 is 0. The minimum atomic E-state index is -0.352. The van der Waals surface area contributed by atoms with Crippen LogP contribution in [0, 0.1) is 12.7 Å². The number of anilines is 2. The molecule has 1 aliphatic heterocycles. The Morgan fingerprint density at radius 3 is 2.23 bits per heavy atom. The summed E-state index contributed by atoms with van der Waals surface area (Å²) in [4.78, 5) is 14.6. The Kier molecular flexibility index (Phi) is 5.30. The predicted octanol–water partition coefficient (Wildman–Crippen LogP) is 4.00. The van der Waals surface area contributed by atoms with Gasteiger partial charge in [-0.05, 0) is 50.1 Å². The lowest BCUT2D eigenvalue weighted by Gasteiger charge is -2.19. The zero-order valence-electron chi connectivity index (χ0n) is 15.3. The lowest BCUT2D eigenvalue weighted by Crippen LogP contribution is -2.19. The van der Waals surface area contributed by atoms with Crippen LogP contribution in [0.5, 0.6) is 11.5 Å². The van der Waals surface area contributed by atoms with E-state index in [2.05, 4.69) is 5.32 Å². The second-order valence-corrected chi connectivity index (χ2v) is 6.32. The Morgan fingerprint density at radius 1 is 1.08 bits per heavy atom. The molecule has 0 aromatic heterocycles. The van der Waals surface area contributed by atoms with Crippen molar-refractivity contribution in [2.45, 2.75) is 19.8 Å². The highest BCUT2D eigenvalue weighted by Crippen LogP contribution is 2.30. The molecule has 0 radical (unpaired) electrons. The van der Waals surface area contributed by atoms with Crippen molar-refractivity contribution >= 4 is 17.3 Å². The third-order valence-electron chi connectivity index (χ3n) is 4.67. The van der Waals surface area contributed by atoms with Crippen molar-refractivity contribution in [2.24, 2.45) is 0 Å². The molecule has 5 nitrogen and oxygen atoms in total. The van der Waals surface area contributed by atoms with Gasteiger partial charge in [0.25, 0.3) is 5.91 Å². The second kappa shape index (κ2) is 7.64. The van der Waals surface area contributed by atoms with Crippen molar-refractivity contribution in [3.63, 3.8) is 0 Å². The Labute approximate surface area is 152 Å². The monoisotopic (exact) mass is 358 g/mol. The zero-order valence-corrected chi connectivity index (χ0v) is 15.3. The van der Waals surface area contributed by atoms with E-state index in [1.807, 2.05) is 11.8 Å². The summed E-state index contributed by atoms with van der Waals surface area (Å²) in [5, 5.41) is 2.73. The van der Waals surface area contributed by atoms with Crippen LogP contribution in [0.1, 0.15) is 28.8 Å². The van der Waals surface area contributed by atoms with Crippen molar-refractivity contribution < 1.29 is 18.7 Å². The van der Waals surface area contributed by atoms with E-state index >= 15 is 0 Å². The van der Waals surface area contributed by atoms with E-state index in [0.717, 1.165) is 31.5 Å². The number of rotatable bonds is 5. The van der Waals surface area contributed by atoms with Crippen LogP contribution in [0.25, 0.3) is 0 Å². The molecule has 0 spiro atoms. The van der Waals surface area contributed by atoms with Gasteiger partial charge in [0.1, 0.15) is 17.3 Å². The van der Waals surface area contributed by atoms with Gasteiger partial charge in [-0.25, -0.2) is 4.39 Å². The summed E-state index contributed by atoms with van der Waals surface area (Å²) < 4.78 is 25.0. The first-order chi connectivity index (χ1) is 12.5. The van der Waals surface area contributed by atoms with Gasteiger partial charge in [0.15, 0.2) is 0 Å². The van der Waals surface area contributed by atoms with E-state index in [1.165, 1.54) is 20.3 Å². The van der Waals surface area contributed by atoms with Crippen molar-refractivity contribution in [1.29, 1.82) is 0 Å². The van der Waals surface area contributed by atoms with Gasteiger partial charge in [0.2, 0.25) is 0 Å². The third-order valence-corrected chi connectivity index (χ3v) is 4.67. The van der Waals surface area contributed by atoms with E-state index < -0.39 is 0 Å². The van der Waals surface area contributed by atoms with Crippen LogP contribution >= 0.6 is 0 Å². The smallest absolute Gasteiger partial charge is 0.255 e. The van der Waals surface area contributed by atoms with Crippen LogP contribution in [0.2, 0.25) is 0 Å². The van der Waals surface area contributed by atoms with E-state index in [0.29, 0.717) is 28.4 Å². The molecule has 1 N–H and O–H groups in total. The molecule has 1 amide bonds. The average Bonchev–Trinajstić information content (AvgIpc) is 3.16. The fourth-order valence-corrected chi connectivity index (χ4v) is 3.22. The number of halogens is 1. The van der Waals surface area contributed by atoms with Gasteiger partial charge in [-0.15, -0.1) is 0 Å². The first kappa shape index (κ1) is 18.0. The molecule has 1 saturated heterocycles. The van der Waals surface area contributed by atoms with E-state index in [-0.39, 0.29) is 11.7 Å². The third kappa shape index (κ3) is 3.59. The highest BCUT2D eigenvalue weighted by molar-refractivity contribution is 6.05. The molecule has 0 aliphatic carbocycles. The van der Waals surface area contributed by atoms with Gasteiger partial charge in [-0.1, -0.05) is 0 Å². The molecule has 0 atom stereocenters. The molecule has 1 heterocycles. The first-order valence-corrected chi connectivity index (χ1v) is 8.62. The lowest BCUT2D eigenvalue weighted by molar-refractivity contribution is 0.102. The standard InChI is InChI=1S/C20H23FN2O3/c1-13-18(25-2)10-14(11-19(13)26-3)20(24)22-15-6-7-17(16(21)12-15)23-8-4-5-9-23/h6-7,10-12H,4-5,8-9H2,1-3H3,(H,22,24). The van der Waals surface area contributed by atoms with Crippen LogP contribution in [-0.4, -0.2) is 33.2 Å². The zero-order chi connectivity index (χ0) is 18.7. The molecule has 6 heteroatoms. The SMILES string of the molecule is COc1cc(C(=O)Nc2ccc(N3CCCC3)c(F)c2)cc(OC)c1C. The number of nitrogens with zero attached hydrogens (tertiary/aromatic N) is 1. The molecule has 138 valence electrons. The first-order valence-electron chi connectivity index (χ1n) is 8.62. The predicted molar refractivity (Wildman–Crippen MR) is 100 cm³/mol. The summed E-state index contributed by atoms with van der Waals surface area (Å²) in [6.45, 7) is 3.59. The number of amides is 1. The summed E-state index contributed by atoms with van der Waals surface area (Å²) in [6, 6.07) is 8.07. The fourth-order valence-electron chi connectivity index (χ4n) is 3.22. The van der Waals surface area contributed by atoms with Gasteiger partial charge < -0.3 is 19.7 Å². The number of ether oxygens (including phenoxy) is 2. The minimum absolute atomic E-state index is 0.330. The number of hydrogen-bond acceptors (Lipinski definition) is 4. The average molecular weight is 358 g/mol. The Bertz CT molecular complexity index is 792. The largest absolute Gasteiger partial charge is 0.496 e. The van der Waals surface area contributed by atoms with E-state index in [4.69, 9.17) is 9.47 Å². The van der Waals surface area contributed by atoms with Crippen molar-refractivity contribution in [3.05, 3.63) is 47.3 Å². The maximum Gasteiger partial charge on any atom is 0.255 e. The van der Waals surface area contributed by atoms with Gasteiger partial charge in [-0.2, -0.15) is 0 Å². The molecule has 1 aliphatic rings. The van der Waals surface area contributed by atoms with Crippen molar-refractivity contribution in [3.8, 4) is 11.5 Å². The van der Waals surface area contributed by atoms with Crippen molar-refractivity contribution in [2.75, 3.05) is 37.5 Å². The van der Waals surface area contributed by atoms with E-state index in [9.17, 15) is 9.18 Å². The normalized spacial score (nSPS) is 13.6. The molecule has 2 aromatic carbocycles. The maximum atomic E-state index is 14.4. The Balaban J connectivity index is 1.80. The highest BCUT2D eigenvalue weighted by Gasteiger charge is 2.18. The molecule has 3 rings (SSSR count). The molecule has 0 saturated carbocycles. The Hall–Kier alpha value is -2.76. The van der Waals surface area contributed by atoms with Crippen molar-refractivity contribution in [1.82, 2.24) is 0 Å². The number of carbonyl (C=O) groups excluding carboxylic acids is 1. The molecule has 2 aromatic rings. The molecule has 0 unspecified atom stereocenters. The van der Waals surface area contributed by atoms with Gasteiger partial charge in [0, 0.05) is 29.9 Å². The maximum absolute atomic E-state index is 14.4. The fraction of sp³-hybridized carbons (Fsp3) is 0.350. The summed E-state index contributed by atoms with van der Waals surface area (Å²) in [7, 11) is 3.08. The molecular formula is C20H23FN2O3. The number of benzene rings is 2. The number of carbonyl (C=O) groups is 1. The summed E-state index contributed by atoms with van der Waals surface area (Å²) in [5.74, 6) is 0.439. The van der Waals surface area contributed by atoms with E-state index in [1.54, 1.807) is 24.3 Å². The Morgan fingerprint density at radius 2 is 1.69 bits per heavy atom. The quantitative estimate of drug-likeness (QED) is 0.878. The molecule has 0 bridgehead atoms. The van der Waals surface area contributed by atoms with Gasteiger partial charge in [-0.3, -0.25) is 4.79 Å². The second-order valence-electron chi connectivity index (χ2n) is 6.32. The van der Waals surface area contributed by atoms with Crippen LogP contribution in [0.4, 0.5) is 15.8 Å². The minimum Gasteiger partial charge on any atom is -0.496 e. The summed E-state index contributed by atoms with van der Waals surface area (Å²) in [6.07, 6.45) is 2.16. The number of methoxy groups -OCH3 is 2. The van der Waals surface area contributed by atoms with Crippen LogP contribution in [0.15, 0.2) is 30.3 Å². The summed E-state index contributed by atoms with van der Waals surface area (Å²) in [5.41, 5.74) is 2.19.